The van der Waals surface area contributed by atoms with Crippen LogP contribution in [0.3, 0.4) is 0 Å². The number of rotatable bonds is 5. The van der Waals surface area contributed by atoms with Gasteiger partial charge in [0.1, 0.15) is 5.75 Å². The number of hydrogen-bond acceptors (Lipinski definition) is 4. The highest BCUT2D eigenvalue weighted by atomic mass is 16.5. The summed E-state index contributed by atoms with van der Waals surface area (Å²) in [5.41, 5.74) is 2.60. The molecule has 2 aromatic rings. The number of carbonyl (C=O) groups excluding carboxylic acids is 2. The third-order valence-electron chi connectivity index (χ3n) is 4.05. The lowest BCUT2D eigenvalue weighted by molar-refractivity contribution is -0.120. The fourth-order valence-electron chi connectivity index (χ4n) is 2.79. The molecule has 0 radical (unpaired) electrons. The maximum Gasteiger partial charge on any atom is 0.239 e. The van der Waals surface area contributed by atoms with E-state index in [9.17, 15) is 9.59 Å². The van der Waals surface area contributed by atoms with E-state index in [1.54, 1.807) is 7.11 Å². The first-order valence-corrected chi connectivity index (χ1v) is 8.18. The molecule has 0 atom stereocenters. The van der Waals surface area contributed by atoms with Gasteiger partial charge in [-0.1, -0.05) is 12.1 Å². The van der Waals surface area contributed by atoms with Crippen molar-refractivity contribution in [3.05, 3.63) is 54.1 Å². The molecule has 6 nitrogen and oxygen atoms in total. The van der Waals surface area contributed by atoms with Crippen LogP contribution < -0.4 is 20.3 Å². The average Bonchev–Trinajstić information content (AvgIpc) is 2.62. The minimum absolute atomic E-state index is 0.0296. The molecule has 1 fully saturated rings. The van der Waals surface area contributed by atoms with Crippen molar-refractivity contribution in [2.45, 2.75) is 6.42 Å². The zero-order valence-corrected chi connectivity index (χ0v) is 14.1. The molecule has 1 aliphatic heterocycles. The highest BCUT2D eigenvalue weighted by molar-refractivity contribution is 5.92. The Labute approximate surface area is 146 Å². The van der Waals surface area contributed by atoms with Crippen LogP contribution in [0.5, 0.6) is 5.75 Å². The quantitative estimate of drug-likeness (QED) is 0.872. The lowest BCUT2D eigenvalue weighted by atomic mass is 10.1. The predicted molar refractivity (Wildman–Crippen MR) is 97.0 cm³/mol. The van der Waals surface area contributed by atoms with Crippen LogP contribution in [0.25, 0.3) is 0 Å². The van der Waals surface area contributed by atoms with E-state index in [-0.39, 0.29) is 18.2 Å². The van der Waals surface area contributed by atoms with Gasteiger partial charge in [-0.3, -0.25) is 9.59 Å². The van der Waals surface area contributed by atoms with E-state index >= 15 is 0 Å². The lowest BCUT2D eigenvalue weighted by Crippen LogP contribution is -2.47. The van der Waals surface area contributed by atoms with Crippen LogP contribution in [0.1, 0.15) is 5.56 Å². The molecular weight excluding hydrogens is 318 g/mol. The maximum absolute atomic E-state index is 12.2. The molecule has 0 bridgehead atoms. The number of carbonyl (C=O) groups is 2. The fourth-order valence-corrected chi connectivity index (χ4v) is 2.79. The summed E-state index contributed by atoms with van der Waals surface area (Å²) in [4.78, 5) is 25.7. The minimum Gasteiger partial charge on any atom is -0.497 e. The molecule has 0 saturated carbocycles. The molecule has 3 rings (SSSR count). The SMILES string of the molecule is COc1cccc(CC(=O)Nc2ccc(N3CCNC(=O)C3)cc2)c1. The van der Waals surface area contributed by atoms with E-state index in [4.69, 9.17) is 4.74 Å². The molecule has 6 heteroatoms. The van der Waals surface area contributed by atoms with Gasteiger partial charge in [-0.15, -0.1) is 0 Å². The molecule has 1 heterocycles. The monoisotopic (exact) mass is 339 g/mol. The summed E-state index contributed by atoms with van der Waals surface area (Å²) in [6.45, 7) is 1.80. The Bertz CT molecular complexity index is 759. The van der Waals surface area contributed by atoms with Crippen LogP contribution >= 0.6 is 0 Å². The number of ether oxygens (including phenoxy) is 1. The lowest BCUT2D eigenvalue weighted by Gasteiger charge is -2.28. The molecule has 2 amide bonds. The number of amides is 2. The predicted octanol–water partition coefficient (Wildman–Crippen LogP) is 1.81. The van der Waals surface area contributed by atoms with Crippen molar-refractivity contribution in [2.24, 2.45) is 0 Å². The number of piperazine rings is 1. The number of nitrogens with zero attached hydrogens (tertiary/aromatic N) is 1. The largest absolute Gasteiger partial charge is 0.497 e. The Hall–Kier alpha value is -3.02. The first-order chi connectivity index (χ1) is 12.1. The summed E-state index contributed by atoms with van der Waals surface area (Å²) in [6.07, 6.45) is 0.283. The van der Waals surface area contributed by atoms with Crippen molar-refractivity contribution < 1.29 is 14.3 Å². The van der Waals surface area contributed by atoms with Crippen LogP contribution in [-0.2, 0) is 16.0 Å². The highest BCUT2D eigenvalue weighted by Gasteiger charge is 2.16. The average molecular weight is 339 g/mol. The zero-order chi connectivity index (χ0) is 17.6. The van der Waals surface area contributed by atoms with Gasteiger partial charge in [-0.2, -0.15) is 0 Å². The summed E-state index contributed by atoms with van der Waals surface area (Å²) in [6, 6.07) is 15.0. The molecule has 2 N–H and O–H groups in total. The molecule has 25 heavy (non-hydrogen) atoms. The first-order valence-electron chi connectivity index (χ1n) is 8.18. The van der Waals surface area contributed by atoms with Gasteiger partial charge in [-0.25, -0.2) is 0 Å². The highest BCUT2D eigenvalue weighted by Crippen LogP contribution is 2.19. The van der Waals surface area contributed by atoms with Crippen molar-refractivity contribution in [2.75, 3.05) is 37.0 Å². The van der Waals surface area contributed by atoms with E-state index in [1.807, 2.05) is 53.4 Å². The van der Waals surface area contributed by atoms with Crippen LogP contribution in [0.2, 0.25) is 0 Å². The summed E-state index contributed by atoms with van der Waals surface area (Å²) in [5, 5.41) is 5.69. The van der Waals surface area contributed by atoms with Gasteiger partial charge in [0.15, 0.2) is 0 Å². The second-order valence-electron chi connectivity index (χ2n) is 5.89. The molecule has 0 aromatic heterocycles. The Kier molecular flexibility index (Phi) is 5.18. The first kappa shape index (κ1) is 16.8. The summed E-state index contributed by atoms with van der Waals surface area (Å²) >= 11 is 0. The summed E-state index contributed by atoms with van der Waals surface area (Å²) in [5.74, 6) is 0.681. The molecule has 1 saturated heterocycles. The van der Waals surface area contributed by atoms with Crippen molar-refractivity contribution in [1.82, 2.24) is 5.32 Å². The number of nitrogens with one attached hydrogen (secondary N) is 2. The van der Waals surface area contributed by atoms with Crippen molar-refractivity contribution >= 4 is 23.2 Å². The molecule has 130 valence electrons. The molecule has 0 unspecified atom stereocenters. The van der Waals surface area contributed by atoms with Gasteiger partial charge in [0.2, 0.25) is 11.8 Å². The van der Waals surface area contributed by atoms with E-state index in [1.165, 1.54) is 0 Å². The van der Waals surface area contributed by atoms with Crippen molar-refractivity contribution in [1.29, 1.82) is 0 Å². The van der Waals surface area contributed by atoms with Crippen molar-refractivity contribution in [3.63, 3.8) is 0 Å². The molecule has 2 aromatic carbocycles. The Balaban J connectivity index is 1.59. The van der Waals surface area contributed by atoms with Crippen LogP contribution in [0.15, 0.2) is 48.5 Å². The maximum atomic E-state index is 12.2. The van der Waals surface area contributed by atoms with Gasteiger partial charge in [0.25, 0.3) is 0 Å². The Morgan fingerprint density at radius 1 is 1.24 bits per heavy atom. The van der Waals surface area contributed by atoms with E-state index in [2.05, 4.69) is 10.6 Å². The number of methoxy groups -OCH3 is 1. The smallest absolute Gasteiger partial charge is 0.239 e. The molecule has 1 aliphatic rings. The van der Waals surface area contributed by atoms with Crippen molar-refractivity contribution in [3.8, 4) is 5.75 Å². The summed E-state index contributed by atoms with van der Waals surface area (Å²) in [7, 11) is 1.60. The van der Waals surface area contributed by atoms with Gasteiger partial charge >= 0.3 is 0 Å². The van der Waals surface area contributed by atoms with Gasteiger partial charge in [0, 0.05) is 24.5 Å². The standard InChI is InChI=1S/C19H21N3O3/c1-25-17-4-2-3-14(11-17)12-18(23)21-15-5-7-16(8-6-15)22-10-9-20-19(24)13-22/h2-8,11H,9-10,12-13H2,1H3,(H,20,24)(H,21,23). The van der Waals surface area contributed by atoms with Gasteiger partial charge in [0.05, 0.1) is 20.1 Å². The molecule has 0 spiro atoms. The van der Waals surface area contributed by atoms with E-state index in [0.717, 1.165) is 29.2 Å². The van der Waals surface area contributed by atoms with Crippen LogP contribution in [0.4, 0.5) is 11.4 Å². The minimum atomic E-state index is -0.0849. The summed E-state index contributed by atoms with van der Waals surface area (Å²) < 4.78 is 5.17. The molecular formula is C19H21N3O3. The number of hydrogen-bond donors (Lipinski definition) is 2. The normalized spacial score (nSPS) is 14.0. The Morgan fingerprint density at radius 3 is 2.76 bits per heavy atom. The third kappa shape index (κ3) is 4.50. The van der Waals surface area contributed by atoms with Crippen LogP contribution in [0, 0.1) is 0 Å². The fraction of sp³-hybridized carbons (Fsp3) is 0.263. The number of benzene rings is 2. The zero-order valence-electron chi connectivity index (χ0n) is 14.1. The Morgan fingerprint density at radius 2 is 2.04 bits per heavy atom. The topological polar surface area (TPSA) is 70.7 Å². The third-order valence-corrected chi connectivity index (χ3v) is 4.05. The molecule has 0 aliphatic carbocycles. The van der Waals surface area contributed by atoms with E-state index < -0.39 is 0 Å². The number of anilines is 2. The van der Waals surface area contributed by atoms with E-state index in [0.29, 0.717) is 13.1 Å². The second-order valence-corrected chi connectivity index (χ2v) is 5.89. The van der Waals surface area contributed by atoms with Crippen LogP contribution in [-0.4, -0.2) is 38.6 Å². The second kappa shape index (κ2) is 7.70. The van der Waals surface area contributed by atoms with Gasteiger partial charge < -0.3 is 20.3 Å². The van der Waals surface area contributed by atoms with Gasteiger partial charge in [-0.05, 0) is 42.0 Å².